The van der Waals surface area contributed by atoms with Crippen LogP contribution in [0, 0.1) is 0 Å². The SMILES string of the molecule is CS(=O)(=O)CCCNc1nc(N)nc(-n2cccn2)n1. The second-order valence-electron chi connectivity index (χ2n) is 4.18. The lowest BCUT2D eigenvalue weighted by Crippen LogP contribution is -2.14. The minimum Gasteiger partial charge on any atom is -0.368 e. The summed E-state index contributed by atoms with van der Waals surface area (Å²) in [5, 5.41) is 6.91. The van der Waals surface area contributed by atoms with Gasteiger partial charge >= 0.3 is 0 Å². The highest BCUT2D eigenvalue weighted by molar-refractivity contribution is 7.90. The second kappa shape index (κ2) is 5.82. The van der Waals surface area contributed by atoms with Crippen molar-refractivity contribution in [2.45, 2.75) is 6.42 Å². The van der Waals surface area contributed by atoms with E-state index in [0.717, 1.165) is 0 Å². The summed E-state index contributed by atoms with van der Waals surface area (Å²) in [6.07, 6.45) is 4.94. The van der Waals surface area contributed by atoms with Gasteiger partial charge in [-0.2, -0.15) is 20.1 Å². The van der Waals surface area contributed by atoms with Gasteiger partial charge in [0.15, 0.2) is 0 Å². The monoisotopic (exact) mass is 297 g/mol. The van der Waals surface area contributed by atoms with Gasteiger partial charge in [-0.05, 0) is 12.5 Å². The summed E-state index contributed by atoms with van der Waals surface area (Å²) in [4.78, 5) is 12.0. The maximum absolute atomic E-state index is 11.0. The Labute approximate surface area is 116 Å². The van der Waals surface area contributed by atoms with Crippen molar-refractivity contribution < 1.29 is 8.42 Å². The van der Waals surface area contributed by atoms with Gasteiger partial charge in [-0.3, -0.25) is 0 Å². The van der Waals surface area contributed by atoms with Crippen LogP contribution in [0.5, 0.6) is 0 Å². The molecule has 0 radical (unpaired) electrons. The minimum atomic E-state index is -2.96. The van der Waals surface area contributed by atoms with Gasteiger partial charge in [0.2, 0.25) is 11.9 Å². The second-order valence-corrected chi connectivity index (χ2v) is 6.44. The quantitative estimate of drug-likeness (QED) is 0.682. The molecule has 0 spiro atoms. The molecule has 0 saturated carbocycles. The fourth-order valence-corrected chi connectivity index (χ4v) is 2.15. The maximum Gasteiger partial charge on any atom is 0.257 e. The van der Waals surface area contributed by atoms with Crippen LogP contribution in [0.3, 0.4) is 0 Å². The van der Waals surface area contributed by atoms with Gasteiger partial charge in [0.25, 0.3) is 5.95 Å². The van der Waals surface area contributed by atoms with Crippen molar-refractivity contribution in [3.05, 3.63) is 18.5 Å². The first-order chi connectivity index (χ1) is 9.44. The first kappa shape index (κ1) is 14.2. The zero-order valence-electron chi connectivity index (χ0n) is 10.9. The van der Waals surface area contributed by atoms with E-state index in [1.165, 1.54) is 10.9 Å². The molecule has 0 unspecified atom stereocenters. The summed E-state index contributed by atoms with van der Waals surface area (Å²) >= 11 is 0. The summed E-state index contributed by atoms with van der Waals surface area (Å²) in [5.41, 5.74) is 5.60. The Balaban J connectivity index is 2.02. The predicted molar refractivity (Wildman–Crippen MR) is 74.2 cm³/mol. The molecule has 2 rings (SSSR count). The van der Waals surface area contributed by atoms with E-state index in [1.807, 2.05) is 0 Å². The average molecular weight is 297 g/mol. The standard InChI is InChI=1S/C10H15N7O2S/c1-20(18,19)7-3-4-12-9-14-8(11)15-10(16-9)17-6-2-5-13-17/h2,5-6H,3-4,7H2,1H3,(H3,11,12,14,15,16). The molecule has 2 aromatic heterocycles. The van der Waals surface area contributed by atoms with Crippen molar-refractivity contribution in [1.29, 1.82) is 0 Å². The zero-order valence-corrected chi connectivity index (χ0v) is 11.7. The molecule has 9 nitrogen and oxygen atoms in total. The molecule has 0 aliphatic carbocycles. The smallest absolute Gasteiger partial charge is 0.257 e. The van der Waals surface area contributed by atoms with E-state index in [4.69, 9.17) is 5.73 Å². The minimum absolute atomic E-state index is 0.0658. The maximum atomic E-state index is 11.0. The number of nitrogens with two attached hydrogens (primary N) is 1. The number of anilines is 2. The molecule has 108 valence electrons. The lowest BCUT2D eigenvalue weighted by atomic mass is 10.5. The molecule has 0 fully saturated rings. The van der Waals surface area contributed by atoms with Crippen molar-refractivity contribution in [1.82, 2.24) is 24.7 Å². The first-order valence-corrected chi connectivity index (χ1v) is 7.93. The highest BCUT2D eigenvalue weighted by Gasteiger charge is 2.07. The molecule has 0 bridgehead atoms. The molecule has 0 aliphatic heterocycles. The largest absolute Gasteiger partial charge is 0.368 e. The summed E-state index contributed by atoms with van der Waals surface area (Å²) in [6, 6.07) is 1.74. The van der Waals surface area contributed by atoms with Crippen LogP contribution in [-0.4, -0.2) is 51.7 Å². The molecule has 2 aromatic rings. The lowest BCUT2D eigenvalue weighted by Gasteiger charge is -2.06. The van der Waals surface area contributed by atoms with Gasteiger partial charge in [0, 0.05) is 25.2 Å². The highest BCUT2D eigenvalue weighted by atomic mass is 32.2. The van der Waals surface area contributed by atoms with E-state index in [1.54, 1.807) is 18.5 Å². The average Bonchev–Trinajstić information content (AvgIpc) is 2.86. The van der Waals surface area contributed by atoms with Crippen LogP contribution in [0.15, 0.2) is 18.5 Å². The Bertz CT molecular complexity index is 669. The molecule has 2 heterocycles. The van der Waals surface area contributed by atoms with Crippen molar-refractivity contribution in [2.24, 2.45) is 0 Å². The topological polar surface area (TPSA) is 129 Å². The van der Waals surface area contributed by atoms with Crippen molar-refractivity contribution in [3.8, 4) is 5.95 Å². The van der Waals surface area contributed by atoms with Crippen LogP contribution in [-0.2, 0) is 9.84 Å². The van der Waals surface area contributed by atoms with Crippen LogP contribution in [0.25, 0.3) is 5.95 Å². The van der Waals surface area contributed by atoms with Crippen LogP contribution in [0.4, 0.5) is 11.9 Å². The number of hydrogen-bond acceptors (Lipinski definition) is 8. The number of aromatic nitrogens is 5. The number of hydrogen-bond donors (Lipinski definition) is 2. The fourth-order valence-electron chi connectivity index (χ4n) is 1.48. The number of nitrogens with one attached hydrogen (secondary N) is 1. The molecule has 0 aliphatic rings. The van der Waals surface area contributed by atoms with E-state index in [2.05, 4.69) is 25.4 Å². The van der Waals surface area contributed by atoms with Gasteiger partial charge in [-0.1, -0.05) is 0 Å². The Kier molecular flexibility index (Phi) is 4.13. The summed E-state index contributed by atoms with van der Waals surface area (Å²) < 4.78 is 23.5. The third-order valence-electron chi connectivity index (χ3n) is 2.33. The fraction of sp³-hybridized carbons (Fsp3) is 0.400. The Morgan fingerprint density at radius 2 is 2.15 bits per heavy atom. The van der Waals surface area contributed by atoms with Gasteiger partial charge in [-0.15, -0.1) is 0 Å². The first-order valence-electron chi connectivity index (χ1n) is 5.87. The third-order valence-corrected chi connectivity index (χ3v) is 3.36. The van der Waals surface area contributed by atoms with E-state index in [-0.39, 0.29) is 17.6 Å². The van der Waals surface area contributed by atoms with Crippen molar-refractivity contribution >= 4 is 21.7 Å². The molecule has 3 N–H and O–H groups in total. The summed E-state index contributed by atoms with van der Waals surface area (Å²) in [6.45, 7) is 0.426. The molecule has 0 atom stereocenters. The third kappa shape index (κ3) is 4.16. The molecule has 0 aromatic carbocycles. The molecule has 10 heteroatoms. The molecular formula is C10H15N7O2S. The normalized spacial score (nSPS) is 11.4. The number of rotatable bonds is 6. The number of sulfone groups is 1. The van der Waals surface area contributed by atoms with Crippen LogP contribution >= 0.6 is 0 Å². The highest BCUT2D eigenvalue weighted by Crippen LogP contribution is 2.06. The Hall–Kier alpha value is -2.23. The van der Waals surface area contributed by atoms with E-state index < -0.39 is 9.84 Å². The molecular weight excluding hydrogens is 282 g/mol. The molecule has 20 heavy (non-hydrogen) atoms. The van der Waals surface area contributed by atoms with Crippen LogP contribution < -0.4 is 11.1 Å². The van der Waals surface area contributed by atoms with Crippen LogP contribution in [0.2, 0.25) is 0 Å². The van der Waals surface area contributed by atoms with E-state index >= 15 is 0 Å². The van der Waals surface area contributed by atoms with E-state index in [9.17, 15) is 8.42 Å². The predicted octanol–water partition coefficient (Wildman–Crippen LogP) is -0.514. The summed E-state index contributed by atoms with van der Waals surface area (Å²) in [5.74, 6) is 0.757. The van der Waals surface area contributed by atoms with Crippen LogP contribution in [0.1, 0.15) is 6.42 Å². The lowest BCUT2D eigenvalue weighted by molar-refractivity contribution is 0.600. The van der Waals surface area contributed by atoms with Crippen molar-refractivity contribution in [3.63, 3.8) is 0 Å². The van der Waals surface area contributed by atoms with Crippen molar-refractivity contribution in [2.75, 3.05) is 29.6 Å². The molecule has 0 amide bonds. The number of nitrogens with zero attached hydrogens (tertiary/aromatic N) is 5. The Morgan fingerprint density at radius 3 is 2.80 bits per heavy atom. The van der Waals surface area contributed by atoms with E-state index in [0.29, 0.717) is 18.9 Å². The van der Waals surface area contributed by atoms with Gasteiger partial charge in [0.1, 0.15) is 9.84 Å². The number of nitrogen functional groups attached to an aromatic ring is 1. The molecule has 0 saturated heterocycles. The summed E-state index contributed by atoms with van der Waals surface area (Å²) in [7, 11) is -2.96. The van der Waals surface area contributed by atoms with Gasteiger partial charge < -0.3 is 11.1 Å². The van der Waals surface area contributed by atoms with Gasteiger partial charge in [0.05, 0.1) is 5.75 Å². The van der Waals surface area contributed by atoms with Gasteiger partial charge in [-0.25, -0.2) is 13.1 Å². The Morgan fingerprint density at radius 1 is 1.35 bits per heavy atom. The zero-order chi connectivity index (χ0) is 14.6.